The Kier molecular flexibility index (Phi) is 5.09. The maximum atomic E-state index is 11.6. The molecule has 0 fully saturated rings. The molecule has 0 bridgehead atoms. The zero-order chi connectivity index (χ0) is 15.1. The normalized spacial score (nSPS) is 10.3. The van der Waals surface area contributed by atoms with E-state index in [0.29, 0.717) is 19.6 Å². The van der Waals surface area contributed by atoms with Crippen LogP contribution in [0.5, 0.6) is 5.75 Å². The lowest BCUT2D eigenvalue weighted by Gasteiger charge is -2.07. The van der Waals surface area contributed by atoms with Gasteiger partial charge in [-0.05, 0) is 25.0 Å². The van der Waals surface area contributed by atoms with E-state index in [4.69, 9.17) is 4.74 Å². The Hall–Kier alpha value is -2.63. The van der Waals surface area contributed by atoms with E-state index >= 15 is 0 Å². The summed E-state index contributed by atoms with van der Waals surface area (Å²) in [6.07, 6.45) is 2.76. The van der Waals surface area contributed by atoms with Gasteiger partial charge in [-0.3, -0.25) is 14.9 Å². The van der Waals surface area contributed by atoms with Crippen LogP contribution in [0.25, 0.3) is 0 Å². The van der Waals surface area contributed by atoms with Crippen molar-refractivity contribution in [3.05, 3.63) is 69.1 Å². The van der Waals surface area contributed by atoms with E-state index in [1.807, 2.05) is 30.3 Å². The highest BCUT2D eigenvalue weighted by atomic mass is 16.6. The summed E-state index contributed by atoms with van der Waals surface area (Å²) in [6.45, 7) is 0.992. The topological polar surface area (TPSA) is 74.4 Å². The Balaban J connectivity index is 1.80. The first-order valence-electron chi connectivity index (χ1n) is 6.69. The summed E-state index contributed by atoms with van der Waals surface area (Å²) in [6, 6.07) is 11.9. The first-order valence-corrected chi connectivity index (χ1v) is 6.69. The molecule has 21 heavy (non-hydrogen) atoms. The minimum Gasteiger partial charge on any atom is -0.494 e. The first kappa shape index (κ1) is 14.8. The van der Waals surface area contributed by atoms with Crippen molar-refractivity contribution in [3.8, 4) is 5.75 Å². The summed E-state index contributed by atoms with van der Waals surface area (Å²) < 4.78 is 6.90. The van der Waals surface area contributed by atoms with Crippen molar-refractivity contribution in [2.45, 2.75) is 19.4 Å². The summed E-state index contributed by atoms with van der Waals surface area (Å²) >= 11 is 0. The van der Waals surface area contributed by atoms with Gasteiger partial charge in [0.1, 0.15) is 5.75 Å². The summed E-state index contributed by atoms with van der Waals surface area (Å²) in [5.41, 5.74) is -0.306. The second-order valence-electron chi connectivity index (χ2n) is 4.54. The Morgan fingerprint density at radius 2 is 1.86 bits per heavy atom. The summed E-state index contributed by atoms with van der Waals surface area (Å²) in [7, 11) is 0. The smallest absolute Gasteiger partial charge is 0.285 e. The summed E-state index contributed by atoms with van der Waals surface area (Å²) in [4.78, 5) is 21.8. The number of para-hydroxylation sites is 1. The van der Waals surface area contributed by atoms with E-state index in [0.717, 1.165) is 12.2 Å². The molecule has 1 aromatic carbocycles. The third kappa shape index (κ3) is 4.45. The van der Waals surface area contributed by atoms with Gasteiger partial charge in [0.2, 0.25) is 0 Å². The molecule has 0 unspecified atom stereocenters. The van der Waals surface area contributed by atoms with Crippen molar-refractivity contribution in [1.82, 2.24) is 4.57 Å². The lowest BCUT2D eigenvalue weighted by atomic mass is 10.3. The van der Waals surface area contributed by atoms with Crippen LogP contribution in [-0.4, -0.2) is 16.1 Å². The van der Waals surface area contributed by atoms with Crippen LogP contribution in [0.3, 0.4) is 0 Å². The number of hydrogen-bond acceptors (Lipinski definition) is 4. The highest BCUT2D eigenvalue weighted by Crippen LogP contribution is 2.10. The highest BCUT2D eigenvalue weighted by Gasteiger charge is 2.07. The fourth-order valence-electron chi connectivity index (χ4n) is 1.89. The molecule has 0 aliphatic carbocycles. The van der Waals surface area contributed by atoms with Crippen molar-refractivity contribution in [2.24, 2.45) is 0 Å². The van der Waals surface area contributed by atoms with Gasteiger partial charge < -0.3 is 9.30 Å². The van der Waals surface area contributed by atoms with E-state index in [2.05, 4.69) is 0 Å². The summed E-state index contributed by atoms with van der Waals surface area (Å²) in [5.74, 6) is 0.810. The van der Waals surface area contributed by atoms with Crippen LogP contribution >= 0.6 is 0 Å². The Bertz CT molecular complexity index is 652. The number of rotatable bonds is 7. The van der Waals surface area contributed by atoms with E-state index in [-0.39, 0.29) is 11.2 Å². The number of benzene rings is 1. The van der Waals surface area contributed by atoms with Crippen LogP contribution in [-0.2, 0) is 6.54 Å². The van der Waals surface area contributed by atoms with Gasteiger partial charge in [0.15, 0.2) is 0 Å². The molecule has 6 nitrogen and oxygen atoms in total. The molecule has 0 radical (unpaired) electrons. The van der Waals surface area contributed by atoms with Gasteiger partial charge in [-0.15, -0.1) is 0 Å². The Labute approximate surface area is 121 Å². The second kappa shape index (κ2) is 7.23. The molecule has 0 aliphatic heterocycles. The quantitative estimate of drug-likeness (QED) is 0.446. The number of unbranched alkanes of at least 4 members (excludes halogenated alkanes) is 1. The Morgan fingerprint density at radius 3 is 2.57 bits per heavy atom. The van der Waals surface area contributed by atoms with Crippen LogP contribution in [0.1, 0.15) is 12.8 Å². The fraction of sp³-hybridized carbons (Fsp3) is 0.267. The van der Waals surface area contributed by atoms with Gasteiger partial charge >= 0.3 is 0 Å². The largest absolute Gasteiger partial charge is 0.494 e. The minimum absolute atomic E-state index is 0.0739. The number of pyridine rings is 1. The molecule has 0 aliphatic rings. The predicted octanol–water partition coefficient (Wildman–Crippen LogP) is 2.62. The van der Waals surface area contributed by atoms with Gasteiger partial charge in [0.05, 0.1) is 17.7 Å². The van der Waals surface area contributed by atoms with E-state index in [9.17, 15) is 14.9 Å². The summed E-state index contributed by atoms with van der Waals surface area (Å²) in [5, 5.41) is 10.7. The van der Waals surface area contributed by atoms with E-state index in [1.165, 1.54) is 22.9 Å². The van der Waals surface area contributed by atoms with Gasteiger partial charge in [-0.1, -0.05) is 18.2 Å². The van der Waals surface area contributed by atoms with Crippen molar-refractivity contribution in [1.29, 1.82) is 0 Å². The predicted molar refractivity (Wildman–Crippen MR) is 78.5 cm³/mol. The zero-order valence-electron chi connectivity index (χ0n) is 11.5. The van der Waals surface area contributed by atoms with Crippen LogP contribution in [0.15, 0.2) is 53.5 Å². The van der Waals surface area contributed by atoms with E-state index in [1.54, 1.807) is 0 Å². The molecular weight excluding hydrogens is 272 g/mol. The number of aromatic nitrogens is 1. The Morgan fingerprint density at radius 1 is 1.10 bits per heavy atom. The monoisotopic (exact) mass is 288 g/mol. The third-order valence-corrected chi connectivity index (χ3v) is 2.98. The SMILES string of the molecule is O=c1ccc([N+](=O)[O-])cn1CCCCOc1ccccc1. The first-order chi connectivity index (χ1) is 10.2. The average molecular weight is 288 g/mol. The molecule has 0 saturated carbocycles. The van der Waals surface area contributed by atoms with E-state index < -0.39 is 4.92 Å². The standard InChI is InChI=1S/C15H16N2O4/c18-15-9-8-13(17(19)20)12-16(15)10-4-5-11-21-14-6-2-1-3-7-14/h1-3,6-9,12H,4-5,10-11H2. The molecule has 0 saturated heterocycles. The van der Waals surface area contributed by atoms with Crippen LogP contribution in [0, 0.1) is 10.1 Å². The number of hydrogen-bond donors (Lipinski definition) is 0. The highest BCUT2D eigenvalue weighted by molar-refractivity contribution is 5.24. The van der Waals surface area contributed by atoms with Crippen molar-refractivity contribution in [2.75, 3.05) is 6.61 Å². The number of nitro groups is 1. The number of nitrogens with zero attached hydrogens (tertiary/aromatic N) is 2. The molecule has 2 aromatic rings. The molecule has 110 valence electrons. The molecule has 0 N–H and O–H groups in total. The van der Waals surface area contributed by atoms with Gasteiger partial charge in [0, 0.05) is 18.7 Å². The molecule has 0 amide bonds. The minimum atomic E-state index is -0.506. The van der Waals surface area contributed by atoms with Gasteiger partial charge in [-0.25, -0.2) is 0 Å². The van der Waals surface area contributed by atoms with Gasteiger partial charge in [-0.2, -0.15) is 0 Å². The fourth-order valence-corrected chi connectivity index (χ4v) is 1.89. The van der Waals surface area contributed by atoms with Crippen LogP contribution in [0.4, 0.5) is 5.69 Å². The van der Waals surface area contributed by atoms with Crippen LogP contribution in [0.2, 0.25) is 0 Å². The number of aryl methyl sites for hydroxylation is 1. The molecule has 1 aromatic heterocycles. The average Bonchev–Trinajstić information content (AvgIpc) is 2.49. The maximum absolute atomic E-state index is 11.6. The molecule has 6 heteroatoms. The zero-order valence-corrected chi connectivity index (χ0v) is 11.5. The second-order valence-corrected chi connectivity index (χ2v) is 4.54. The molecular formula is C15H16N2O4. The van der Waals surface area contributed by atoms with Crippen LogP contribution < -0.4 is 10.3 Å². The van der Waals surface area contributed by atoms with Crippen molar-refractivity contribution in [3.63, 3.8) is 0 Å². The molecule has 0 atom stereocenters. The third-order valence-electron chi connectivity index (χ3n) is 2.98. The van der Waals surface area contributed by atoms with Crippen molar-refractivity contribution >= 4 is 5.69 Å². The number of ether oxygens (including phenoxy) is 1. The van der Waals surface area contributed by atoms with Crippen molar-refractivity contribution < 1.29 is 9.66 Å². The molecule has 2 rings (SSSR count). The lowest BCUT2D eigenvalue weighted by molar-refractivity contribution is -0.385. The van der Waals surface area contributed by atoms with Gasteiger partial charge in [0.25, 0.3) is 11.2 Å². The lowest BCUT2D eigenvalue weighted by Crippen LogP contribution is -2.19. The molecule has 0 spiro atoms. The molecule has 1 heterocycles. The maximum Gasteiger partial charge on any atom is 0.285 e.